The monoisotopic (exact) mass is 358 g/mol. The molecule has 140 valence electrons. The fraction of sp³-hybridized carbons (Fsp3) is 0.400. The lowest BCUT2D eigenvalue weighted by Gasteiger charge is -2.15. The highest BCUT2D eigenvalue weighted by Gasteiger charge is 2.14. The molecular formula is C20H28N3O3+. The van der Waals surface area contributed by atoms with E-state index in [1.54, 1.807) is 7.11 Å². The Balaban J connectivity index is 1.90. The van der Waals surface area contributed by atoms with Crippen molar-refractivity contribution in [2.24, 2.45) is 0 Å². The summed E-state index contributed by atoms with van der Waals surface area (Å²) in [4.78, 5) is 24.7. The van der Waals surface area contributed by atoms with E-state index in [0.29, 0.717) is 6.54 Å². The molecule has 0 aromatic heterocycles. The average molecular weight is 358 g/mol. The first kappa shape index (κ1) is 19.7. The SMILES string of the molecule is CC[C@@H](C)NC(=O)NC(=O)C[NH+](C)Cc1ccc2cc(OC)ccc2c1. The Morgan fingerprint density at radius 3 is 2.54 bits per heavy atom. The first-order chi connectivity index (χ1) is 12.4. The number of likely N-dealkylation sites (N-methyl/N-ethyl adjacent to an activating group) is 1. The highest BCUT2D eigenvalue weighted by Crippen LogP contribution is 2.21. The van der Waals surface area contributed by atoms with E-state index in [1.807, 2.05) is 39.1 Å². The molecule has 6 heteroatoms. The van der Waals surface area contributed by atoms with Crippen molar-refractivity contribution in [1.29, 1.82) is 0 Å². The summed E-state index contributed by atoms with van der Waals surface area (Å²) in [5.41, 5.74) is 1.14. The molecule has 2 aromatic rings. The molecular weight excluding hydrogens is 330 g/mol. The third-order valence-electron chi connectivity index (χ3n) is 4.32. The van der Waals surface area contributed by atoms with Crippen LogP contribution in [0.4, 0.5) is 4.79 Å². The summed E-state index contributed by atoms with van der Waals surface area (Å²) in [6, 6.07) is 11.8. The molecule has 0 saturated heterocycles. The van der Waals surface area contributed by atoms with Gasteiger partial charge in [-0.3, -0.25) is 10.1 Å². The quantitative estimate of drug-likeness (QED) is 0.702. The topological polar surface area (TPSA) is 71.9 Å². The van der Waals surface area contributed by atoms with Crippen molar-refractivity contribution < 1.29 is 19.2 Å². The molecule has 26 heavy (non-hydrogen) atoms. The Labute approximate surface area is 154 Å². The molecule has 6 nitrogen and oxygen atoms in total. The third-order valence-corrected chi connectivity index (χ3v) is 4.32. The van der Waals surface area contributed by atoms with Gasteiger partial charge in [-0.1, -0.05) is 25.1 Å². The van der Waals surface area contributed by atoms with Gasteiger partial charge in [-0.25, -0.2) is 4.79 Å². The van der Waals surface area contributed by atoms with Crippen LogP contribution in [0.5, 0.6) is 5.75 Å². The van der Waals surface area contributed by atoms with E-state index in [9.17, 15) is 9.59 Å². The number of imide groups is 1. The van der Waals surface area contributed by atoms with Gasteiger partial charge in [0.1, 0.15) is 12.3 Å². The minimum atomic E-state index is -0.434. The van der Waals surface area contributed by atoms with Gasteiger partial charge in [0.25, 0.3) is 5.91 Å². The Kier molecular flexibility index (Phi) is 6.97. The Morgan fingerprint density at radius 2 is 1.85 bits per heavy atom. The minimum Gasteiger partial charge on any atom is -0.497 e. The number of methoxy groups -OCH3 is 1. The van der Waals surface area contributed by atoms with E-state index >= 15 is 0 Å². The normalized spacial score (nSPS) is 13.1. The van der Waals surface area contributed by atoms with Crippen LogP contribution in [-0.2, 0) is 11.3 Å². The van der Waals surface area contributed by atoms with Crippen molar-refractivity contribution in [1.82, 2.24) is 10.6 Å². The molecule has 0 saturated carbocycles. The first-order valence-electron chi connectivity index (χ1n) is 8.89. The zero-order valence-corrected chi connectivity index (χ0v) is 15.9. The predicted octanol–water partition coefficient (Wildman–Crippen LogP) is 1.49. The van der Waals surface area contributed by atoms with Gasteiger partial charge < -0.3 is 15.0 Å². The lowest BCUT2D eigenvalue weighted by molar-refractivity contribution is -0.885. The summed E-state index contributed by atoms with van der Waals surface area (Å²) < 4.78 is 5.24. The number of carbonyl (C=O) groups excluding carboxylic acids is 2. The van der Waals surface area contributed by atoms with Crippen molar-refractivity contribution >= 4 is 22.7 Å². The summed E-state index contributed by atoms with van der Waals surface area (Å²) in [6.07, 6.45) is 0.820. The molecule has 0 radical (unpaired) electrons. The number of urea groups is 1. The maximum absolute atomic E-state index is 12.0. The number of rotatable bonds is 7. The molecule has 0 aliphatic heterocycles. The first-order valence-corrected chi connectivity index (χ1v) is 8.89. The maximum Gasteiger partial charge on any atom is 0.321 e. The lowest BCUT2D eigenvalue weighted by Crippen LogP contribution is -3.09. The van der Waals surface area contributed by atoms with Gasteiger partial charge in [0.05, 0.1) is 14.2 Å². The van der Waals surface area contributed by atoms with Gasteiger partial charge in [0.2, 0.25) is 0 Å². The molecule has 1 unspecified atom stereocenters. The molecule has 0 heterocycles. The second-order valence-corrected chi connectivity index (χ2v) is 6.69. The number of nitrogens with one attached hydrogen (secondary N) is 3. The van der Waals surface area contributed by atoms with Crippen LogP contribution < -0.4 is 20.3 Å². The number of ether oxygens (including phenoxy) is 1. The fourth-order valence-electron chi connectivity index (χ4n) is 2.73. The van der Waals surface area contributed by atoms with E-state index in [4.69, 9.17) is 4.74 Å². The Hall–Kier alpha value is -2.60. The van der Waals surface area contributed by atoms with Crippen molar-refractivity contribution in [2.45, 2.75) is 32.9 Å². The zero-order chi connectivity index (χ0) is 19.1. The smallest absolute Gasteiger partial charge is 0.321 e. The molecule has 0 bridgehead atoms. The van der Waals surface area contributed by atoms with Gasteiger partial charge in [0.15, 0.2) is 6.54 Å². The number of fused-ring (bicyclic) bond motifs is 1. The fourth-order valence-corrected chi connectivity index (χ4v) is 2.73. The van der Waals surface area contributed by atoms with Crippen molar-refractivity contribution in [2.75, 3.05) is 20.7 Å². The van der Waals surface area contributed by atoms with E-state index in [1.165, 1.54) is 0 Å². The molecule has 0 aliphatic carbocycles. The van der Waals surface area contributed by atoms with Gasteiger partial charge in [-0.15, -0.1) is 0 Å². The second-order valence-electron chi connectivity index (χ2n) is 6.69. The molecule has 2 aromatic carbocycles. The van der Waals surface area contributed by atoms with Crippen molar-refractivity contribution in [3.05, 3.63) is 42.0 Å². The predicted molar refractivity (Wildman–Crippen MR) is 102 cm³/mol. The maximum atomic E-state index is 12.0. The van der Waals surface area contributed by atoms with Gasteiger partial charge in [-0.05, 0) is 42.3 Å². The Bertz CT molecular complexity index is 776. The van der Waals surface area contributed by atoms with Crippen LogP contribution in [0.3, 0.4) is 0 Å². The lowest BCUT2D eigenvalue weighted by atomic mass is 10.1. The number of quaternary nitrogens is 1. The van der Waals surface area contributed by atoms with Crippen LogP contribution in [0.1, 0.15) is 25.8 Å². The average Bonchev–Trinajstić information content (AvgIpc) is 2.60. The second kappa shape index (κ2) is 9.20. The van der Waals surface area contributed by atoms with Crippen LogP contribution in [0, 0.1) is 0 Å². The van der Waals surface area contributed by atoms with E-state index in [0.717, 1.165) is 33.4 Å². The van der Waals surface area contributed by atoms with Gasteiger partial charge in [0, 0.05) is 11.6 Å². The molecule has 0 spiro atoms. The van der Waals surface area contributed by atoms with Crippen molar-refractivity contribution in [3.8, 4) is 5.75 Å². The summed E-state index contributed by atoms with van der Waals surface area (Å²) in [6.45, 7) is 4.80. The number of hydrogen-bond acceptors (Lipinski definition) is 3. The van der Waals surface area contributed by atoms with E-state index in [-0.39, 0.29) is 18.5 Å². The molecule has 2 rings (SSSR count). The summed E-state index contributed by atoms with van der Waals surface area (Å²) in [5.74, 6) is 0.550. The standard InChI is InChI=1S/C20H27N3O3/c1-5-14(2)21-20(25)22-19(24)13-23(3)12-15-6-7-17-11-18(26-4)9-8-16(17)10-15/h6-11,14H,5,12-13H2,1-4H3,(H2,21,22,24,25)/p+1/t14-/m1/s1. The molecule has 2 atom stereocenters. The Morgan fingerprint density at radius 1 is 1.15 bits per heavy atom. The number of amides is 3. The van der Waals surface area contributed by atoms with Gasteiger partial charge in [-0.2, -0.15) is 0 Å². The van der Waals surface area contributed by atoms with Crippen LogP contribution in [0.25, 0.3) is 10.8 Å². The summed E-state index contributed by atoms with van der Waals surface area (Å²) in [5, 5.41) is 7.35. The number of hydrogen-bond donors (Lipinski definition) is 3. The van der Waals surface area contributed by atoms with Crippen molar-refractivity contribution in [3.63, 3.8) is 0 Å². The third kappa shape index (κ3) is 5.74. The molecule has 3 N–H and O–H groups in total. The van der Waals surface area contributed by atoms with E-state index < -0.39 is 6.03 Å². The van der Waals surface area contributed by atoms with Crippen LogP contribution in [-0.4, -0.2) is 38.7 Å². The number of benzene rings is 2. The number of carbonyl (C=O) groups is 2. The highest BCUT2D eigenvalue weighted by molar-refractivity contribution is 5.94. The summed E-state index contributed by atoms with van der Waals surface area (Å²) >= 11 is 0. The molecule has 0 aliphatic rings. The molecule has 0 fully saturated rings. The van der Waals surface area contributed by atoms with Crippen LogP contribution in [0.2, 0.25) is 0 Å². The van der Waals surface area contributed by atoms with Gasteiger partial charge >= 0.3 is 6.03 Å². The highest BCUT2D eigenvalue weighted by atomic mass is 16.5. The molecule has 3 amide bonds. The largest absolute Gasteiger partial charge is 0.497 e. The minimum absolute atomic E-state index is 0.0455. The van der Waals surface area contributed by atoms with Crippen LogP contribution >= 0.6 is 0 Å². The zero-order valence-electron chi connectivity index (χ0n) is 15.9. The summed E-state index contributed by atoms with van der Waals surface area (Å²) in [7, 11) is 3.59. The van der Waals surface area contributed by atoms with E-state index in [2.05, 4.69) is 28.8 Å². The van der Waals surface area contributed by atoms with Crippen LogP contribution in [0.15, 0.2) is 36.4 Å².